The van der Waals surface area contributed by atoms with Crippen LogP contribution in [-0.2, 0) is 9.59 Å². The van der Waals surface area contributed by atoms with Crippen LogP contribution in [0.1, 0.15) is 46.0 Å². The summed E-state index contributed by atoms with van der Waals surface area (Å²) in [4.78, 5) is 22.9. The number of carbonyl (C=O) groups excluding carboxylic acids is 2. The van der Waals surface area contributed by atoms with Gasteiger partial charge in [-0.25, -0.2) is 0 Å². The minimum atomic E-state index is 0.00583. The van der Waals surface area contributed by atoms with E-state index in [2.05, 4.69) is 29.8 Å². The van der Waals surface area contributed by atoms with E-state index in [1.165, 1.54) is 0 Å². The van der Waals surface area contributed by atoms with Crippen molar-refractivity contribution in [3.8, 4) is 0 Å². The summed E-state index contributed by atoms with van der Waals surface area (Å²) in [6.07, 6.45) is 4.56. The van der Waals surface area contributed by atoms with Crippen LogP contribution in [0.2, 0.25) is 0 Å². The fraction of sp³-hybridized carbons (Fsp3) is 0.846. The Morgan fingerprint density at radius 1 is 1.17 bits per heavy atom. The molecule has 5 heteroatoms. The van der Waals surface area contributed by atoms with E-state index in [0.717, 1.165) is 25.7 Å². The lowest BCUT2D eigenvalue weighted by Crippen LogP contribution is -2.40. The Kier molecular flexibility index (Phi) is 6.72. The van der Waals surface area contributed by atoms with E-state index in [1.807, 2.05) is 0 Å². The Labute approximate surface area is 109 Å². The van der Waals surface area contributed by atoms with Gasteiger partial charge in [0.15, 0.2) is 0 Å². The molecule has 3 N–H and O–H groups in total. The van der Waals surface area contributed by atoms with Crippen LogP contribution in [0.25, 0.3) is 0 Å². The molecule has 1 aliphatic carbocycles. The third-order valence-electron chi connectivity index (χ3n) is 3.11. The van der Waals surface area contributed by atoms with Crippen LogP contribution >= 0.6 is 0 Å². The van der Waals surface area contributed by atoms with Gasteiger partial charge in [-0.1, -0.05) is 13.8 Å². The largest absolute Gasteiger partial charge is 0.353 e. The first-order chi connectivity index (χ1) is 8.65. The Hall–Kier alpha value is -1.10. The maximum Gasteiger partial charge on any atom is 0.234 e. The monoisotopic (exact) mass is 255 g/mol. The molecule has 1 fully saturated rings. The summed E-state index contributed by atoms with van der Waals surface area (Å²) >= 11 is 0. The molecule has 2 amide bonds. The van der Waals surface area contributed by atoms with Crippen molar-refractivity contribution < 1.29 is 9.59 Å². The van der Waals surface area contributed by atoms with Crippen LogP contribution in [0.15, 0.2) is 0 Å². The lowest BCUT2D eigenvalue weighted by atomic mass is 10.2. The van der Waals surface area contributed by atoms with Crippen molar-refractivity contribution in [2.45, 2.75) is 58.0 Å². The molecule has 1 aliphatic rings. The maximum atomic E-state index is 11.5. The van der Waals surface area contributed by atoms with Gasteiger partial charge in [0.1, 0.15) is 0 Å². The maximum absolute atomic E-state index is 11.5. The standard InChI is InChI=1S/C13H25N3O2/c1-3-10(4-2)15-13(18)9-14-8-7-12(17)16-11-5-6-11/h10-11,14H,3-9H2,1-2H3,(H,15,18)(H,16,17). The van der Waals surface area contributed by atoms with Crippen molar-refractivity contribution in [2.75, 3.05) is 13.1 Å². The number of hydrogen-bond donors (Lipinski definition) is 3. The Balaban J connectivity index is 1.98. The summed E-state index contributed by atoms with van der Waals surface area (Å²) in [5.74, 6) is 0.0803. The number of hydrogen-bond acceptors (Lipinski definition) is 3. The van der Waals surface area contributed by atoms with Crippen molar-refractivity contribution in [3.05, 3.63) is 0 Å². The minimum absolute atomic E-state index is 0.00583. The Bertz CT molecular complexity index is 273. The molecule has 5 nitrogen and oxygen atoms in total. The van der Waals surface area contributed by atoms with Gasteiger partial charge in [0.2, 0.25) is 11.8 Å². The molecule has 104 valence electrons. The van der Waals surface area contributed by atoms with Gasteiger partial charge in [-0.3, -0.25) is 9.59 Å². The molecule has 0 radical (unpaired) electrons. The molecule has 0 aromatic rings. The molecule has 0 bridgehead atoms. The van der Waals surface area contributed by atoms with Crippen molar-refractivity contribution in [1.82, 2.24) is 16.0 Å². The van der Waals surface area contributed by atoms with E-state index >= 15 is 0 Å². The molecule has 0 unspecified atom stereocenters. The van der Waals surface area contributed by atoms with E-state index in [-0.39, 0.29) is 24.4 Å². The minimum Gasteiger partial charge on any atom is -0.353 e. The second kappa shape index (κ2) is 8.08. The normalized spacial score (nSPS) is 14.6. The Morgan fingerprint density at radius 2 is 1.83 bits per heavy atom. The summed E-state index contributed by atoms with van der Waals surface area (Å²) in [6.45, 7) is 4.95. The third kappa shape index (κ3) is 6.59. The highest BCUT2D eigenvalue weighted by molar-refractivity contribution is 5.79. The van der Waals surface area contributed by atoms with Crippen LogP contribution in [0.5, 0.6) is 0 Å². The average Bonchev–Trinajstić information content (AvgIpc) is 3.15. The van der Waals surface area contributed by atoms with Gasteiger partial charge in [0.05, 0.1) is 6.54 Å². The van der Waals surface area contributed by atoms with Crippen LogP contribution in [-0.4, -0.2) is 37.0 Å². The molecule has 0 aliphatic heterocycles. The number of amides is 2. The first-order valence-corrected chi connectivity index (χ1v) is 6.95. The van der Waals surface area contributed by atoms with Gasteiger partial charge in [-0.05, 0) is 25.7 Å². The quantitative estimate of drug-likeness (QED) is 0.527. The first kappa shape index (κ1) is 15.0. The molecule has 0 atom stereocenters. The summed E-state index contributed by atoms with van der Waals surface area (Å²) in [5.41, 5.74) is 0. The fourth-order valence-electron chi connectivity index (χ4n) is 1.70. The molecule has 0 saturated heterocycles. The van der Waals surface area contributed by atoms with E-state index in [4.69, 9.17) is 0 Å². The highest BCUT2D eigenvalue weighted by Crippen LogP contribution is 2.18. The third-order valence-corrected chi connectivity index (χ3v) is 3.11. The van der Waals surface area contributed by atoms with Crippen molar-refractivity contribution >= 4 is 11.8 Å². The van der Waals surface area contributed by atoms with Gasteiger partial charge in [0.25, 0.3) is 0 Å². The van der Waals surface area contributed by atoms with Crippen LogP contribution in [0, 0.1) is 0 Å². The van der Waals surface area contributed by atoms with Crippen LogP contribution in [0.4, 0.5) is 0 Å². The molecular formula is C13H25N3O2. The van der Waals surface area contributed by atoms with Gasteiger partial charge < -0.3 is 16.0 Å². The number of rotatable bonds is 9. The Morgan fingerprint density at radius 3 is 2.39 bits per heavy atom. The molecule has 18 heavy (non-hydrogen) atoms. The van der Waals surface area contributed by atoms with Crippen LogP contribution < -0.4 is 16.0 Å². The predicted octanol–water partition coefficient (Wildman–Crippen LogP) is 0.550. The van der Waals surface area contributed by atoms with E-state index in [0.29, 0.717) is 19.0 Å². The topological polar surface area (TPSA) is 70.2 Å². The lowest BCUT2D eigenvalue weighted by molar-refractivity contribution is -0.122. The number of nitrogens with one attached hydrogen (secondary N) is 3. The fourth-order valence-corrected chi connectivity index (χ4v) is 1.70. The van der Waals surface area contributed by atoms with Gasteiger partial charge in [-0.2, -0.15) is 0 Å². The molecule has 0 spiro atoms. The zero-order valence-corrected chi connectivity index (χ0v) is 11.4. The summed E-state index contributed by atoms with van der Waals surface area (Å²) in [7, 11) is 0. The van der Waals surface area contributed by atoms with E-state index < -0.39 is 0 Å². The molecule has 0 aromatic heterocycles. The smallest absolute Gasteiger partial charge is 0.234 e. The zero-order chi connectivity index (χ0) is 13.4. The zero-order valence-electron chi connectivity index (χ0n) is 11.4. The lowest BCUT2D eigenvalue weighted by Gasteiger charge is -2.14. The second-order valence-electron chi connectivity index (χ2n) is 4.85. The summed E-state index contributed by atoms with van der Waals surface area (Å²) in [5, 5.41) is 8.85. The molecule has 0 heterocycles. The van der Waals surface area contributed by atoms with E-state index in [9.17, 15) is 9.59 Å². The van der Waals surface area contributed by atoms with Gasteiger partial charge in [0, 0.05) is 25.0 Å². The van der Waals surface area contributed by atoms with Crippen molar-refractivity contribution in [1.29, 1.82) is 0 Å². The van der Waals surface area contributed by atoms with E-state index in [1.54, 1.807) is 0 Å². The molecule has 1 saturated carbocycles. The average molecular weight is 255 g/mol. The predicted molar refractivity (Wildman–Crippen MR) is 71.2 cm³/mol. The molecule has 1 rings (SSSR count). The van der Waals surface area contributed by atoms with Gasteiger partial charge in [-0.15, -0.1) is 0 Å². The summed E-state index contributed by atoms with van der Waals surface area (Å²) in [6, 6.07) is 0.674. The highest BCUT2D eigenvalue weighted by Gasteiger charge is 2.22. The van der Waals surface area contributed by atoms with Gasteiger partial charge >= 0.3 is 0 Å². The van der Waals surface area contributed by atoms with Crippen LogP contribution in [0.3, 0.4) is 0 Å². The molecule has 0 aromatic carbocycles. The molecular weight excluding hydrogens is 230 g/mol. The second-order valence-corrected chi connectivity index (χ2v) is 4.85. The van der Waals surface area contributed by atoms with Crippen molar-refractivity contribution in [2.24, 2.45) is 0 Å². The first-order valence-electron chi connectivity index (χ1n) is 6.95. The summed E-state index contributed by atoms with van der Waals surface area (Å²) < 4.78 is 0. The SMILES string of the molecule is CCC(CC)NC(=O)CNCCC(=O)NC1CC1. The highest BCUT2D eigenvalue weighted by atomic mass is 16.2. The number of carbonyl (C=O) groups is 2. The van der Waals surface area contributed by atoms with Crippen molar-refractivity contribution in [3.63, 3.8) is 0 Å².